The summed E-state index contributed by atoms with van der Waals surface area (Å²) in [6.07, 6.45) is -6.94. The van der Waals surface area contributed by atoms with E-state index in [2.05, 4.69) is 0 Å². The van der Waals surface area contributed by atoms with Crippen molar-refractivity contribution in [1.29, 1.82) is 0 Å². The SMILES string of the molecule is C[C@H]1[C@H](O[C@H]2CC(O)(C(=O)CO)Cc3c(O)c4c(c(O)c32)C(=O)c2ccccc2C4=O)O[C@@H](C)[C@H](O)[C@H]1O. The van der Waals surface area contributed by atoms with Gasteiger partial charge in [0.1, 0.15) is 29.8 Å². The van der Waals surface area contributed by atoms with E-state index in [1.807, 2.05) is 0 Å². The van der Waals surface area contributed by atoms with E-state index in [9.17, 15) is 45.0 Å². The lowest BCUT2D eigenvalue weighted by Crippen LogP contribution is -2.54. The minimum absolute atomic E-state index is 0.0240. The van der Waals surface area contributed by atoms with Gasteiger partial charge in [-0.15, -0.1) is 0 Å². The molecule has 2 aliphatic carbocycles. The lowest BCUT2D eigenvalue weighted by molar-refractivity contribution is -0.290. The quantitative estimate of drug-likeness (QED) is 0.255. The molecule has 0 radical (unpaired) electrons. The Morgan fingerprint density at radius 3 is 2.18 bits per heavy atom. The Hall–Kier alpha value is -3.19. The molecule has 6 N–H and O–H groups in total. The van der Waals surface area contributed by atoms with E-state index in [4.69, 9.17) is 9.47 Å². The molecular weight excluding hydrogens is 500 g/mol. The predicted octanol–water partition coefficient (Wildman–Crippen LogP) is 0.272. The molecule has 3 aliphatic rings. The number of aromatic hydroxyl groups is 2. The number of ketones is 3. The van der Waals surface area contributed by atoms with Crippen molar-refractivity contribution in [3.05, 3.63) is 57.6 Å². The fraction of sp³-hybridized carbons (Fsp3) is 0.444. The molecule has 0 bridgehead atoms. The molecule has 1 heterocycles. The van der Waals surface area contributed by atoms with Crippen LogP contribution in [-0.4, -0.2) is 84.8 Å². The second-order valence-electron chi connectivity index (χ2n) is 10.2. The summed E-state index contributed by atoms with van der Waals surface area (Å²) < 4.78 is 11.8. The van der Waals surface area contributed by atoms with Crippen molar-refractivity contribution in [2.24, 2.45) is 5.92 Å². The minimum atomic E-state index is -2.26. The number of aliphatic hydroxyl groups is 4. The summed E-state index contributed by atoms with van der Waals surface area (Å²) in [5.74, 6) is -4.55. The van der Waals surface area contributed by atoms with Crippen molar-refractivity contribution in [3.63, 3.8) is 0 Å². The highest BCUT2D eigenvalue weighted by Gasteiger charge is 2.50. The number of Topliss-reactive ketones (excluding diaryl/α,β-unsaturated/α-hetero) is 1. The van der Waals surface area contributed by atoms with E-state index >= 15 is 0 Å². The lowest BCUT2D eigenvalue weighted by Gasteiger charge is -2.44. The molecule has 5 rings (SSSR count). The Balaban J connectivity index is 1.68. The molecule has 0 saturated carbocycles. The summed E-state index contributed by atoms with van der Waals surface area (Å²) >= 11 is 0. The molecule has 11 heteroatoms. The molecule has 1 aliphatic heterocycles. The summed E-state index contributed by atoms with van der Waals surface area (Å²) in [7, 11) is 0. The summed E-state index contributed by atoms with van der Waals surface area (Å²) in [6, 6.07) is 5.94. The fourth-order valence-corrected chi connectivity index (χ4v) is 5.64. The Morgan fingerprint density at radius 1 is 1.03 bits per heavy atom. The van der Waals surface area contributed by atoms with Crippen LogP contribution in [0.2, 0.25) is 0 Å². The number of carbonyl (C=O) groups excluding carboxylic acids is 3. The topological polar surface area (TPSA) is 191 Å². The number of hydrogen-bond acceptors (Lipinski definition) is 11. The zero-order chi connectivity index (χ0) is 27.7. The molecule has 2 aromatic rings. The maximum Gasteiger partial charge on any atom is 0.198 e. The van der Waals surface area contributed by atoms with Crippen LogP contribution in [0, 0.1) is 5.92 Å². The monoisotopic (exact) mass is 528 g/mol. The van der Waals surface area contributed by atoms with Crippen LogP contribution < -0.4 is 0 Å². The van der Waals surface area contributed by atoms with Gasteiger partial charge in [-0.2, -0.15) is 0 Å². The van der Waals surface area contributed by atoms with Gasteiger partial charge in [0.05, 0.1) is 29.4 Å². The number of fused-ring (bicyclic) bond motifs is 3. The Kier molecular flexibility index (Phi) is 6.41. The first kappa shape index (κ1) is 26.4. The van der Waals surface area contributed by atoms with E-state index in [-0.39, 0.29) is 22.3 Å². The molecule has 0 aromatic heterocycles. The van der Waals surface area contributed by atoms with Crippen LogP contribution in [0.15, 0.2) is 24.3 Å². The van der Waals surface area contributed by atoms with E-state index in [1.165, 1.54) is 19.1 Å². The number of ether oxygens (including phenoxy) is 2. The third kappa shape index (κ3) is 3.77. The number of phenols is 2. The molecular formula is C27H28O11. The van der Waals surface area contributed by atoms with Crippen LogP contribution in [-0.2, 0) is 20.7 Å². The third-order valence-corrected chi connectivity index (χ3v) is 7.88. The van der Waals surface area contributed by atoms with Gasteiger partial charge >= 0.3 is 0 Å². The second kappa shape index (κ2) is 9.23. The Morgan fingerprint density at radius 2 is 1.61 bits per heavy atom. The van der Waals surface area contributed by atoms with Crippen molar-refractivity contribution in [2.75, 3.05) is 6.61 Å². The summed E-state index contributed by atoms with van der Waals surface area (Å²) in [5.41, 5.74) is -3.41. The molecule has 7 atom stereocenters. The van der Waals surface area contributed by atoms with Gasteiger partial charge in [0, 0.05) is 41.0 Å². The van der Waals surface area contributed by atoms with E-state index in [0.29, 0.717) is 0 Å². The van der Waals surface area contributed by atoms with Crippen molar-refractivity contribution >= 4 is 17.3 Å². The van der Waals surface area contributed by atoms with Gasteiger partial charge in [0.2, 0.25) is 0 Å². The van der Waals surface area contributed by atoms with Crippen molar-refractivity contribution in [2.45, 2.75) is 63.0 Å². The molecule has 1 unspecified atom stereocenters. The van der Waals surface area contributed by atoms with E-state index in [0.717, 1.165) is 0 Å². The average molecular weight is 529 g/mol. The van der Waals surface area contributed by atoms with Crippen LogP contribution >= 0.6 is 0 Å². The lowest BCUT2D eigenvalue weighted by atomic mass is 9.72. The first-order valence-electron chi connectivity index (χ1n) is 12.2. The van der Waals surface area contributed by atoms with Gasteiger partial charge in [0.25, 0.3) is 0 Å². The highest BCUT2D eigenvalue weighted by atomic mass is 16.7. The Bertz CT molecular complexity index is 1350. The predicted molar refractivity (Wildman–Crippen MR) is 128 cm³/mol. The van der Waals surface area contributed by atoms with Gasteiger partial charge in [-0.3, -0.25) is 14.4 Å². The highest BCUT2D eigenvalue weighted by Crippen LogP contribution is 2.52. The first-order valence-corrected chi connectivity index (χ1v) is 12.2. The first-order chi connectivity index (χ1) is 17.9. The van der Waals surface area contributed by atoms with Crippen LogP contribution in [0.3, 0.4) is 0 Å². The number of carbonyl (C=O) groups is 3. The van der Waals surface area contributed by atoms with Crippen LogP contribution in [0.4, 0.5) is 0 Å². The maximum atomic E-state index is 13.4. The van der Waals surface area contributed by atoms with Crippen molar-refractivity contribution in [3.8, 4) is 11.5 Å². The van der Waals surface area contributed by atoms with Crippen molar-refractivity contribution in [1.82, 2.24) is 0 Å². The summed E-state index contributed by atoms with van der Waals surface area (Å²) in [6.45, 7) is 2.03. The number of phenolic OH excluding ortho intramolecular Hbond substituents is 2. The molecule has 0 spiro atoms. The molecule has 0 amide bonds. The molecule has 1 saturated heterocycles. The van der Waals surface area contributed by atoms with Gasteiger partial charge in [-0.1, -0.05) is 31.2 Å². The van der Waals surface area contributed by atoms with Gasteiger partial charge in [-0.25, -0.2) is 0 Å². The highest BCUT2D eigenvalue weighted by molar-refractivity contribution is 6.30. The number of aliphatic hydroxyl groups excluding tert-OH is 3. The fourth-order valence-electron chi connectivity index (χ4n) is 5.64. The van der Waals surface area contributed by atoms with Crippen molar-refractivity contribution < 1.29 is 54.5 Å². The maximum absolute atomic E-state index is 13.4. The van der Waals surface area contributed by atoms with Gasteiger partial charge < -0.3 is 40.1 Å². The van der Waals surface area contributed by atoms with Gasteiger partial charge in [-0.05, 0) is 6.92 Å². The van der Waals surface area contributed by atoms with Gasteiger partial charge in [0.15, 0.2) is 23.6 Å². The zero-order valence-electron chi connectivity index (χ0n) is 20.6. The van der Waals surface area contributed by atoms with E-state index < -0.39 is 102 Å². The minimum Gasteiger partial charge on any atom is -0.507 e. The molecule has 2 aromatic carbocycles. The third-order valence-electron chi connectivity index (χ3n) is 7.88. The standard InChI is InChI=1S/C27H28O11/c1-10-20(30)21(31)11(2)37-26(10)38-15-8-27(36,16(29)9-28)7-14-17(15)25(35)19-18(24(14)34)22(32)12-5-3-4-6-13(12)23(19)33/h3-6,10-11,15,20-21,26,28,30-31,34-36H,7-9H2,1-2H3/t10-,11+,15+,20+,21+,26+,27?/m1/s1. The Labute approximate surface area is 216 Å². The molecule has 11 nitrogen and oxygen atoms in total. The second-order valence-corrected chi connectivity index (χ2v) is 10.2. The smallest absolute Gasteiger partial charge is 0.198 e. The zero-order valence-corrected chi connectivity index (χ0v) is 20.6. The van der Waals surface area contributed by atoms with Crippen LogP contribution in [0.5, 0.6) is 11.5 Å². The molecule has 202 valence electrons. The van der Waals surface area contributed by atoms with Crippen LogP contribution in [0.25, 0.3) is 0 Å². The average Bonchev–Trinajstić information content (AvgIpc) is 2.90. The normalized spacial score (nSPS) is 32.4. The summed E-state index contributed by atoms with van der Waals surface area (Å²) in [5, 5.41) is 64.0. The molecule has 1 fully saturated rings. The number of hydrogen-bond donors (Lipinski definition) is 6. The summed E-state index contributed by atoms with van der Waals surface area (Å²) in [4.78, 5) is 39.3. The van der Waals surface area contributed by atoms with Crippen LogP contribution in [0.1, 0.15) is 69.3 Å². The number of benzene rings is 2. The van der Waals surface area contributed by atoms with E-state index in [1.54, 1.807) is 19.1 Å². The number of rotatable bonds is 4. The largest absolute Gasteiger partial charge is 0.507 e. The molecule has 38 heavy (non-hydrogen) atoms.